The van der Waals surface area contributed by atoms with Crippen LogP contribution in [0.5, 0.6) is 0 Å². The van der Waals surface area contributed by atoms with E-state index in [2.05, 4.69) is 10.6 Å². The number of alkyl halides is 3. The Balaban J connectivity index is 1.46. The molecule has 4 fully saturated rings. The molecule has 1 atom stereocenters. The van der Waals surface area contributed by atoms with Gasteiger partial charge in [-0.3, -0.25) is 4.79 Å². The van der Waals surface area contributed by atoms with Crippen molar-refractivity contribution in [2.75, 3.05) is 5.32 Å². The average molecular weight is 417 g/mol. The van der Waals surface area contributed by atoms with Crippen LogP contribution in [0.2, 0.25) is 0 Å². The number of hydrogen-bond donors (Lipinski definition) is 2. The molecule has 0 heterocycles. The topological polar surface area (TPSA) is 64.9 Å². The second kappa shape index (κ2) is 7.64. The highest BCUT2D eigenvalue weighted by Crippen LogP contribution is 2.61. The highest BCUT2D eigenvalue weighted by molar-refractivity contribution is 5.97. The first-order valence-electron chi connectivity index (χ1n) is 10.5. The van der Waals surface area contributed by atoms with Gasteiger partial charge < -0.3 is 10.6 Å². The van der Waals surface area contributed by atoms with Gasteiger partial charge in [-0.1, -0.05) is 12.1 Å². The highest BCUT2D eigenvalue weighted by Gasteiger charge is 2.53. The summed E-state index contributed by atoms with van der Waals surface area (Å²) in [6.07, 6.45) is 3.77. The van der Waals surface area contributed by atoms with Crippen molar-refractivity contribution in [1.82, 2.24) is 5.32 Å². The van der Waals surface area contributed by atoms with E-state index >= 15 is 0 Å². The largest absolute Gasteiger partial charge is 0.418 e. The van der Waals surface area contributed by atoms with E-state index in [0.717, 1.165) is 49.3 Å². The zero-order valence-corrected chi connectivity index (χ0v) is 16.9. The molecule has 1 amide bonds. The van der Waals surface area contributed by atoms with Crippen molar-refractivity contribution in [1.29, 1.82) is 5.26 Å². The molecule has 160 valence electrons. The number of amides is 1. The van der Waals surface area contributed by atoms with Crippen LogP contribution in [0.25, 0.3) is 0 Å². The molecule has 1 aromatic rings. The van der Waals surface area contributed by atoms with Crippen molar-refractivity contribution in [3.8, 4) is 6.07 Å². The molecule has 1 unspecified atom stereocenters. The van der Waals surface area contributed by atoms with Crippen molar-refractivity contribution in [2.45, 2.75) is 57.7 Å². The van der Waals surface area contributed by atoms with Crippen molar-refractivity contribution in [3.05, 3.63) is 41.6 Å². The van der Waals surface area contributed by atoms with E-state index in [1.54, 1.807) is 0 Å². The summed E-state index contributed by atoms with van der Waals surface area (Å²) in [5.74, 6) is 1.67. The fraction of sp³-hybridized carbons (Fsp3) is 0.565. The third kappa shape index (κ3) is 3.92. The number of nitrogens with one attached hydrogen (secondary N) is 2. The number of halogens is 3. The zero-order valence-electron chi connectivity index (χ0n) is 16.9. The van der Waals surface area contributed by atoms with Gasteiger partial charge in [-0.2, -0.15) is 18.4 Å². The molecule has 0 saturated heterocycles. The number of anilines is 1. The molecule has 5 rings (SSSR count). The van der Waals surface area contributed by atoms with Crippen LogP contribution < -0.4 is 10.6 Å². The lowest BCUT2D eigenvalue weighted by Gasteiger charge is -2.59. The lowest BCUT2D eigenvalue weighted by atomic mass is 9.48. The van der Waals surface area contributed by atoms with Gasteiger partial charge in [0.15, 0.2) is 0 Å². The van der Waals surface area contributed by atoms with Crippen molar-refractivity contribution < 1.29 is 18.0 Å². The van der Waals surface area contributed by atoms with Gasteiger partial charge in [0.25, 0.3) is 5.91 Å². The second-order valence-corrected chi connectivity index (χ2v) is 9.33. The summed E-state index contributed by atoms with van der Waals surface area (Å²) in [7, 11) is 0. The van der Waals surface area contributed by atoms with E-state index in [0.29, 0.717) is 0 Å². The number of nitrogens with zero attached hydrogens (tertiary/aromatic N) is 1. The molecule has 7 heteroatoms. The Morgan fingerprint density at radius 2 is 1.73 bits per heavy atom. The molecule has 0 spiro atoms. The molecule has 1 aromatic carbocycles. The first-order chi connectivity index (χ1) is 14.2. The summed E-state index contributed by atoms with van der Waals surface area (Å²) < 4.78 is 39.4. The smallest absolute Gasteiger partial charge is 0.360 e. The number of carbonyl (C=O) groups excluding carboxylic acids is 1. The fourth-order valence-electron chi connectivity index (χ4n) is 6.29. The van der Waals surface area contributed by atoms with Crippen molar-refractivity contribution in [2.24, 2.45) is 23.2 Å². The first-order valence-corrected chi connectivity index (χ1v) is 10.5. The number of benzene rings is 1. The van der Waals surface area contributed by atoms with E-state index in [4.69, 9.17) is 0 Å². The van der Waals surface area contributed by atoms with Gasteiger partial charge in [0.1, 0.15) is 11.6 Å². The zero-order chi connectivity index (χ0) is 21.5. The first kappa shape index (κ1) is 20.8. The minimum absolute atomic E-state index is 0.0717. The van der Waals surface area contributed by atoms with E-state index in [1.165, 1.54) is 37.5 Å². The molecule has 4 aliphatic carbocycles. The molecule has 4 nitrogen and oxygen atoms in total. The number of carbonyl (C=O) groups is 1. The van der Waals surface area contributed by atoms with E-state index in [-0.39, 0.29) is 22.7 Å². The Labute approximate surface area is 174 Å². The molecule has 0 aliphatic heterocycles. The van der Waals surface area contributed by atoms with Crippen LogP contribution in [0.1, 0.15) is 51.0 Å². The summed E-state index contributed by atoms with van der Waals surface area (Å²) in [5, 5.41) is 14.9. The maximum absolute atomic E-state index is 13.1. The summed E-state index contributed by atoms with van der Waals surface area (Å²) in [5.41, 5.74) is -1.19. The summed E-state index contributed by atoms with van der Waals surface area (Å²) in [6, 6.07) is 6.73. The Bertz CT molecular complexity index is 864. The minimum atomic E-state index is -4.53. The predicted octanol–water partition coefficient (Wildman–Crippen LogP) is 5.25. The average Bonchev–Trinajstić information content (AvgIpc) is 2.67. The molecule has 2 N–H and O–H groups in total. The standard InChI is InChI=1S/C23H26F3N3O/c1-14(22-9-15-6-16(10-22)8-17(7-15)11-22)29-21(30)18(12-27)13-28-20-5-3-2-4-19(20)23(24,25)26/h2-5,13-17,28H,6-11H2,1H3,(H,29,30)/b18-13-. The van der Waals surface area contributed by atoms with Gasteiger partial charge >= 0.3 is 6.18 Å². The molecule has 30 heavy (non-hydrogen) atoms. The van der Waals surface area contributed by atoms with Gasteiger partial charge in [-0.15, -0.1) is 0 Å². The Morgan fingerprint density at radius 3 is 2.27 bits per heavy atom. The molecular formula is C23H26F3N3O. The maximum atomic E-state index is 13.1. The third-order valence-corrected chi connectivity index (χ3v) is 7.32. The molecular weight excluding hydrogens is 391 g/mol. The second-order valence-electron chi connectivity index (χ2n) is 9.33. The summed E-state index contributed by atoms with van der Waals surface area (Å²) >= 11 is 0. The third-order valence-electron chi connectivity index (χ3n) is 7.32. The number of nitriles is 1. The molecule has 4 saturated carbocycles. The SMILES string of the molecule is CC(NC(=O)/C(C#N)=C\Nc1ccccc1C(F)(F)F)C12CC3CC(CC(C3)C1)C2. The van der Waals surface area contributed by atoms with E-state index in [1.807, 2.05) is 13.0 Å². The molecule has 4 aliphatic rings. The highest BCUT2D eigenvalue weighted by atomic mass is 19.4. The van der Waals surface area contributed by atoms with Gasteiger partial charge in [-0.05, 0) is 80.8 Å². The quantitative estimate of drug-likeness (QED) is 0.508. The lowest BCUT2D eigenvalue weighted by Crippen LogP contribution is -2.56. The maximum Gasteiger partial charge on any atom is 0.418 e. The Kier molecular flexibility index (Phi) is 5.29. The van der Waals surface area contributed by atoms with Crippen molar-refractivity contribution in [3.63, 3.8) is 0 Å². The van der Waals surface area contributed by atoms with Crippen LogP contribution in [-0.4, -0.2) is 11.9 Å². The molecule has 0 radical (unpaired) electrons. The minimum Gasteiger partial charge on any atom is -0.360 e. The normalized spacial score (nSPS) is 31.2. The Hall–Kier alpha value is -2.49. The van der Waals surface area contributed by atoms with Crippen LogP contribution in [0, 0.1) is 34.5 Å². The van der Waals surface area contributed by atoms with Crippen molar-refractivity contribution >= 4 is 11.6 Å². The monoisotopic (exact) mass is 417 g/mol. The predicted molar refractivity (Wildman–Crippen MR) is 107 cm³/mol. The van der Waals surface area contributed by atoms with Gasteiger partial charge in [0.2, 0.25) is 0 Å². The van der Waals surface area contributed by atoms with E-state index < -0.39 is 17.6 Å². The number of rotatable bonds is 5. The lowest BCUT2D eigenvalue weighted by molar-refractivity contribution is -0.136. The van der Waals surface area contributed by atoms with Gasteiger partial charge in [0.05, 0.1) is 11.3 Å². The van der Waals surface area contributed by atoms with Crippen LogP contribution in [0.4, 0.5) is 18.9 Å². The fourth-order valence-corrected chi connectivity index (χ4v) is 6.29. The number of para-hydroxylation sites is 1. The van der Waals surface area contributed by atoms with Gasteiger partial charge in [-0.25, -0.2) is 0 Å². The Morgan fingerprint density at radius 1 is 1.17 bits per heavy atom. The van der Waals surface area contributed by atoms with Crippen LogP contribution >= 0.6 is 0 Å². The molecule has 0 aromatic heterocycles. The molecule has 4 bridgehead atoms. The van der Waals surface area contributed by atoms with Gasteiger partial charge in [0, 0.05) is 12.2 Å². The van der Waals surface area contributed by atoms with Crippen LogP contribution in [-0.2, 0) is 11.0 Å². The summed E-state index contributed by atoms with van der Waals surface area (Å²) in [4.78, 5) is 12.7. The van der Waals surface area contributed by atoms with Crippen LogP contribution in [0.15, 0.2) is 36.0 Å². The van der Waals surface area contributed by atoms with Crippen LogP contribution in [0.3, 0.4) is 0 Å². The summed E-state index contributed by atoms with van der Waals surface area (Å²) in [6.45, 7) is 2.01. The van der Waals surface area contributed by atoms with E-state index in [9.17, 15) is 23.2 Å². The number of hydrogen-bond acceptors (Lipinski definition) is 3.